The molecule has 1 atom stereocenters. The van der Waals surface area contributed by atoms with Crippen LogP contribution in [-0.2, 0) is 14.6 Å². The van der Waals surface area contributed by atoms with E-state index in [0.29, 0.717) is 27.3 Å². The molecule has 4 rings (SSSR count). The number of methoxy groups -OCH3 is 1. The third-order valence-corrected chi connectivity index (χ3v) is 8.66. The molecule has 1 saturated heterocycles. The van der Waals surface area contributed by atoms with E-state index in [1.54, 1.807) is 12.0 Å². The number of hydrogen-bond donors (Lipinski definition) is 1. The van der Waals surface area contributed by atoms with E-state index in [-0.39, 0.29) is 29.2 Å². The first-order valence-corrected chi connectivity index (χ1v) is 13.5. The van der Waals surface area contributed by atoms with E-state index < -0.39 is 9.84 Å². The summed E-state index contributed by atoms with van der Waals surface area (Å²) in [5.41, 5.74) is 1.48. The van der Waals surface area contributed by atoms with E-state index in [9.17, 15) is 13.2 Å². The lowest BCUT2D eigenvalue weighted by molar-refractivity contribution is -0.116. The Hall–Kier alpha value is -2.63. The van der Waals surface area contributed by atoms with Crippen LogP contribution in [0.4, 0.5) is 16.5 Å². The lowest BCUT2D eigenvalue weighted by atomic mass is 10.2. The number of rotatable bonds is 8. The Balaban J connectivity index is 1.43. The molecule has 0 unspecified atom stereocenters. The van der Waals surface area contributed by atoms with Gasteiger partial charge in [-0.25, -0.2) is 8.42 Å². The maximum Gasteiger partial charge on any atom is 0.237 e. The van der Waals surface area contributed by atoms with Crippen molar-refractivity contribution in [2.75, 3.05) is 34.6 Å². The minimum Gasteiger partial charge on any atom is -0.495 e. The Kier molecular flexibility index (Phi) is 6.97. The highest BCUT2D eigenvalue weighted by molar-refractivity contribution is 8.01. The number of aromatic nitrogens is 2. The number of carbonyl (C=O) groups excluding carboxylic acids is 1. The Morgan fingerprint density at radius 1 is 1.19 bits per heavy atom. The first-order valence-electron chi connectivity index (χ1n) is 9.89. The summed E-state index contributed by atoms with van der Waals surface area (Å²) in [4.78, 5) is 14.7. The van der Waals surface area contributed by atoms with Crippen molar-refractivity contribution in [1.82, 2.24) is 10.2 Å². The van der Waals surface area contributed by atoms with Gasteiger partial charge in [-0.2, -0.15) is 0 Å². The average Bonchev–Trinajstić information content (AvgIpc) is 3.39. The molecule has 1 amide bonds. The minimum absolute atomic E-state index is 0.00984. The summed E-state index contributed by atoms with van der Waals surface area (Å²) < 4.78 is 30.0. The summed E-state index contributed by atoms with van der Waals surface area (Å²) in [5, 5.41) is 12.1. The zero-order valence-corrected chi connectivity index (χ0v) is 19.8. The molecule has 1 aliphatic rings. The molecule has 0 spiro atoms. The summed E-state index contributed by atoms with van der Waals surface area (Å²) in [5.74, 6) is 0.768. The number of ether oxygens (including phenoxy) is 1. The summed E-state index contributed by atoms with van der Waals surface area (Å²) in [6.45, 7) is 0. The van der Waals surface area contributed by atoms with Crippen molar-refractivity contribution in [1.29, 1.82) is 0 Å². The van der Waals surface area contributed by atoms with Crippen LogP contribution in [0.2, 0.25) is 0 Å². The number of nitrogens with zero attached hydrogens (tertiary/aromatic N) is 3. The molecule has 0 aliphatic carbocycles. The van der Waals surface area contributed by atoms with Crippen LogP contribution in [0.1, 0.15) is 6.42 Å². The smallest absolute Gasteiger partial charge is 0.237 e. The molecule has 1 N–H and O–H groups in total. The molecule has 1 aliphatic heterocycles. The molecule has 3 aromatic rings. The molecule has 2 heterocycles. The van der Waals surface area contributed by atoms with Gasteiger partial charge in [0.1, 0.15) is 5.75 Å². The SMILES string of the molecule is COc1ccccc1Nc1nnc(SCC(=O)N(c2ccccc2)[C@@H]2CCS(=O)(=O)C2)s1. The molecule has 11 heteroatoms. The fourth-order valence-electron chi connectivity index (χ4n) is 3.50. The maximum atomic E-state index is 13.1. The summed E-state index contributed by atoms with van der Waals surface area (Å²) in [6, 6.07) is 16.3. The second kappa shape index (κ2) is 9.88. The van der Waals surface area contributed by atoms with Crippen molar-refractivity contribution in [2.24, 2.45) is 0 Å². The van der Waals surface area contributed by atoms with Gasteiger partial charge in [0.15, 0.2) is 14.2 Å². The molecule has 1 aromatic heterocycles. The normalized spacial score (nSPS) is 17.1. The van der Waals surface area contributed by atoms with Gasteiger partial charge in [-0.3, -0.25) is 4.79 Å². The van der Waals surface area contributed by atoms with Crippen LogP contribution < -0.4 is 15.0 Å². The Morgan fingerprint density at radius 2 is 1.94 bits per heavy atom. The number of benzene rings is 2. The number of thioether (sulfide) groups is 1. The van der Waals surface area contributed by atoms with Crippen LogP contribution in [0.25, 0.3) is 0 Å². The maximum absolute atomic E-state index is 13.1. The minimum atomic E-state index is -3.12. The van der Waals surface area contributed by atoms with Crippen molar-refractivity contribution in [3.8, 4) is 5.75 Å². The van der Waals surface area contributed by atoms with Gasteiger partial charge >= 0.3 is 0 Å². The van der Waals surface area contributed by atoms with Gasteiger partial charge in [0.25, 0.3) is 0 Å². The van der Waals surface area contributed by atoms with Gasteiger partial charge < -0.3 is 15.0 Å². The fourth-order valence-corrected chi connectivity index (χ4v) is 6.82. The van der Waals surface area contributed by atoms with E-state index in [1.807, 2.05) is 54.6 Å². The van der Waals surface area contributed by atoms with Crippen LogP contribution in [0.15, 0.2) is 58.9 Å². The molecule has 1 fully saturated rings. The monoisotopic (exact) mass is 490 g/mol. The van der Waals surface area contributed by atoms with Gasteiger partial charge in [0, 0.05) is 5.69 Å². The van der Waals surface area contributed by atoms with Crippen molar-refractivity contribution >= 4 is 55.3 Å². The van der Waals surface area contributed by atoms with Gasteiger partial charge in [-0.1, -0.05) is 53.4 Å². The lowest BCUT2D eigenvalue weighted by Gasteiger charge is -2.28. The zero-order chi connectivity index (χ0) is 22.6. The largest absolute Gasteiger partial charge is 0.495 e. The second-order valence-electron chi connectivity index (χ2n) is 7.14. The fraction of sp³-hybridized carbons (Fsp3) is 0.286. The van der Waals surface area contributed by atoms with E-state index >= 15 is 0 Å². The second-order valence-corrected chi connectivity index (χ2v) is 11.6. The first kappa shape index (κ1) is 22.6. The van der Waals surface area contributed by atoms with Crippen molar-refractivity contribution in [3.05, 3.63) is 54.6 Å². The topological polar surface area (TPSA) is 101 Å². The van der Waals surface area contributed by atoms with Crippen molar-refractivity contribution < 1.29 is 17.9 Å². The number of nitrogens with one attached hydrogen (secondary N) is 1. The molecule has 168 valence electrons. The number of amides is 1. The van der Waals surface area contributed by atoms with E-state index in [0.717, 1.165) is 5.69 Å². The van der Waals surface area contributed by atoms with E-state index in [2.05, 4.69) is 15.5 Å². The van der Waals surface area contributed by atoms with Crippen LogP contribution in [0.5, 0.6) is 5.75 Å². The zero-order valence-electron chi connectivity index (χ0n) is 17.3. The lowest BCUT2D eigenvalue weighted by Crippen LogP contribution is -2.42. The Bertz CT molecular complexity index is 1180. The number of hydrogen-bond acceptors (Lipinski definition) is 9. The highest BCUT2D eigenvalue weighted by Crippen LogP contribution is 2.32. The molecular weight excluding hydrogens is 468 g/mol. The van der Waals surface area contributed by atoms with Gasteiger partial charge in [-0.05, 0) is 30.7 Å². The van der Waals surface area contributed by atoms with Crippen LogP contribution >= 0.6 is 23.1 Å². The molecule has 0 saturated carbocycles. The third-order valence-electron chi connectivity index (χ3n) is 4.95. The van der Waals surface area contributed by atoms with Gasteiger partial charge in [-0.15, -0.1) is 10.2 Å². The Morgan fingerprint density at radius 3 is 2.66 bits per heavy atom. The molecule has 2 aromatic carbocycles. The number of anilines is 3. The predicted molar refractivity (Wildman–Crippen MR) is 128 cm³/mol. The third kappa shape index (κ3) is 5.40. The number of para-hydroxylation sites is 3. The average molecular weight is 491 g/mol. The van der Waals surface area contributed by atoms with Gasteiger partial charge in [0.05, 0.1) is 36.1 Å². The van der Waals surface area contributed by atoms with Crippen molar-refractivity contribution in [3.63, 3.8) is 0 Å². The molecule has 8 nitrogen and oxygen atoms in total. The van der Waals surface area contributed by atoms with Crippen LogP contribution in [0, 0.1) is 0 Å². The van der Waals surface area contributed by atoms with Crippen LogP contribution in [0.3, 0.4) is 0 Å². The number of carbonyl (C=O) groups is 1. The van der Waals surface area contributed by atoms with E-state index in [4.69, 9.17) is 4.74 Å². The summed E-state index contributed by atoms with van der Waals surface area (Å²) in [6.07, 6.45) is 0.444. The first-order chi connectivity index (χ1) is 15.4. The predicted octanol–water partition coefficient (Wildman–Crippen LogP) is 3.60. The Labute approximate surface area is 194 Å². The summed E-state index contributed by atoms with van der Waals surface area (Å²) in [7, 11) is -1.52. The van der Waals surface area contributed by atoms with Crippen LogP contribution in [-0.4, -0.2) is 54.9 Å². The van der Waals surface area contributed by atoms with Crippen molar-refractivity contribution in [2.45, 2.75) is 16.8 Å². The van der Waals surface area contributed by atoms with E-state index in [1.165, 1.54) is 23.1 Å². The number of sulfone groups is 1. The molecular formula is C21H22N4O4S3. The molecule has 32 heavy (non-hydrogen) atoms. The standard InChI is InChI=1S/C21H22N4O4S3/c1-29-18-10-6-5-9-17(18)22-20-23-24-21(31-20)30-13-19(26)25(15-7-3-2-4-8-15)16-11-12-32(27,28)14-16/h2-10,16H,11-14H2,1H3,(H,22,23)/t16-/m1/s1. The molecule has 0 bridgehead atoms. The summed E-state index contributed by atoms with van der Waals surface area (Å²) >= 11 is 2.62. The van der Waals surface area contributed by atoms with Gasteiger partial charge in [0.2, 0.25) is 11.0 Å². The molecule has 0 radical (unpaired) electrons. The highest BCUT2D eigenvalue weighted by Gasteiger charge is 2.35. The highest BCUT2D eigenvalue weighted by atomic mass is 32.2. The quantitative estimate of drug-likeness (QED) is 0.478.